The van der Waals surface area contributed by atoms with Crippen molar-refractivity contribution in [3.05, 3.63) is 78.1 Å². The Morgan fingerprint density at radius 3 is 2.71 bits per heavy atom. The number of anilines is 2. The summed E-state index contributed by atoms with van der Waals surface area (Å²) in [6.07, 6.45) is 4.85. The molecule has 0 fully saturated rings. The summed E-state index contributed by atoms with van der Waals surface area (Å²) < 4.78 is 2.15. The van der Waals surface area contributed by atoms with E-state index in [1.54, 1.807) is 0 Å². The topological polar surface area (TPSA) is 29.9 Å². The van der Waals surface area contributed by atoms with Gasteiger partial charge in [-0.15, -0.1) is 0 Å². The van der Waals surface area contributed by atoms with Gasteiger partial charge >= 0.3 is 0 Å². The van der Waals surface area contributed by atoms with Crippen LogP contribution in [0.3, 0.4) is 0 Å². The minimum Gasteiger partial charge on any atom is -0.326 e. The van der Waals surface area contributed by atoms with Gasteiger partial charge in [-0.2, -0.15) is 0 Å². The average Bonchev–Trinajstić information content (AvgIpc) is 2.93. The van der Waals surface area contributed by atoms with Gasteiger partial charge in [-0.1, -0.05) is 48.0 Å². The van der Waals surface area contributed by atoms with Crippen molar-refractivity contribution < 1.29 is 0 Å². The maximum absolute atomic E-state index is 4.39. The predicted molar refractivity (Wildman–Crippen MR) is 86.8 cm³/mol. The molecule has 0 bridgehead atoms. The van der Waals surface area contributed by atoms with Crippen molar-refractivity contribution in [2.24, 2.45) is 0 Å². The van der Waals surface area contributed by atoms with Crippen molar-refractivity contribution in [3.8, 4) is 0 Å². The molecule has 0 radical (unpaired) electrons. The molecule has 3 nitrogen and oxygen atoms in total. The Morgan fingerprint density at radius 2 is 1.90 bits per heavy atom. The molecule has 0 aliphatic heterocycles. The van der Waals surface area contributed by atoms with E-state index in [4.69, 9.17) is 0 Å². The molecule has 0 amide bonds. The second-order valence-electron chi connectivity index (χ2n) is 5.17. The van der Waals surface area contributed by atoms with Crippen molar-refractivity contribution >= 4 is 11.6 Å². The van der Waals surface area contributed by atoms with Gasteiger partial charge in [-0.25, -0.2) is 4.98 Å². The molecule has 0 saturated carbocycles. The van der Waals surface area contributed by atoms with Crippen LogP contribution in [0, 0.1) is 6.92 Å². The zero-order valence-corrected chi connectivity index (χ0v) is 12.2. The highest BCUT2D eigenvalue weighted by Gasteiger charge is 2.03. The van der Waals surface area contributed by atoms with E-state index in [0.717, 1.165) is 24.6 Å². The van der Waals surface area contributed by atoms with Gasteiger partial charge in [-0.05, 0) is 31.0 Å². The van der Waals surface area contributed by atoms with E-state index in [2.05, 4.69) is 46.1 Å². The largest absolute Gasteiger partial charge is 0.326 e. The lowest BCUT2D eigenvalue weighted by Crippen LogP contribution is -2.05. The number of aryl methyl sites for hydroxylation is 3. The number of nitrogens with zero attached hydrogens (tertiary/aromatic N) is 2. The zero-order chi connectivity index (χ0) is 14.5. The second-order valence-corrected chi connectivity index (χ2v) is 5.17. The van der Waals surface area contributed by atoms with Crippen LogP contribution in [-0.2, 0) is 13.0 Å². The van der Waals surface area contributed by atoms with Crippen LogP contribution in [0.2, 0.25) is 0 Å². The number of hydrogen-bond acceptors (Lipinski definition) is 2. The van der Waals surface area contributed by atoms with E-state index in [0.29, 0.717) is 0 Å². The molecule has 106 valence electrons. The van der Waals surface area contributed by atoms with Crippen LogP contribution >= 0.6 is 0 Å². The highest BCUT2D eigenvalue weighted by Crippen LogP contribution is 2.15. The lowest BCUT2D eigenvalue weighted by molar-refractivity contribution is 0.704. The van der Waals surface area contributed by atoms with Crippen LogP contribution in [0.25, 0.3) is 0 Å². The monoisotopic (exact) mass is 277 g/mol. The van der Waals surface area contributed by atoms with E-state index in [-0.39, 0.29) is 0 Å². The number of aromatic nitrogens is 2. The van der Waals surface area contributed by atoms with Gasteiger partial charge in [0.25, 0.3) is 0 Å². The number of benzene rings is 2. The molecule has 3 aromatic rings. The number of imidazole rings is 1. The van der Waals surface area contributed by atoms with Crippen LogP contribution in [0.1, 0.15) is 11.1 Å². The first kappa shape index (κ1) is 13.4. The van der Waals surface area contributed by atoms with Gasteiger partial charge in [0.2, 0.25) is 5.95 Å². The first-order chi connectivity index (χ1) is 10.3. The summed E-state index contributed by atoms with van der Waals surface area (Å²) in [7, 11) is 0. The van der Waals surface area contributed by atoms with E-state index >= 15 is 0 Å². The fourth-order valence-corrected chi connectivity index (χ4v) is 2.38. The zero-order valence-electron chi connectivity index (χ0n) is 12.2. The summed E-state index contributed by atoms with van der Waals surface area (Å²) in [5.74, 6) is 0.883. The van der Waals surface area contributed by atoms with Gasteiger partial charge in [-0.3, -0.25) is 0 Å². The third kappa shape index (κ3) is 3.51. The first-order valence-corrected chi connectivity index (χ1v) is 7.20. The standard InChI is InChI=1S/C18H19N3/c1-15-6-5-7-16(14-15)10-12-21-13-11-19-18(21)20-17-8-3-2-4-9-17/h2-9,11,13-14H,10,12H2,1H3,(H,19,20). The summed E-state index contributed by atoms with van der Waals surface area (Å²) in [4.78, 5) is 4.39. The Hall–Kier alpha value is -2.55. The van der Waals surface area contributed by atoms with Crippen LogP contribution in [0.5, 0.6) is 0 Å². The molecule has 1 N–H and O–H groups in total. The predicted octanol–water partition coefficient (Wildman–Crippen LogP) is 4.18. The minimum absolute atomic E-state index is 0.883. The van der Waals surface area contributed by atoms with E-state index in [1.807, 2.05) is 42.7 Å². The average molecular weight is 277 g/mol. The third-order valence-corrected chi connectivity index (χ3v) is 3.47. The Bertz CT molecular complexity index is 701. The lowest BCUT2D eigenvalue weighted by Gasteiger charge is -2.10. The molecular weight excluding hydrogens is 258 g/mol. The molecule has 0 saturated heterocycles. The molecule has 1 heterocycles. The van der Waals surface area contributed by atoms with Crippen LogP contribution in [0.15, 0.2) is 67.0 Å². The molecule has 3 heteroatoms. The molecule has 1 aromatic heterocycles. The Labute approximate surface area is 125 Å². The summed E-state index contributed by atoms with van der Waals surface area (Å²) in [6.45, 7) is 3.04. The molecular formula is C18H19N3. The van der Waals surface area contributed by atoms with Crippen LogP contribution < -0.4 is 5.32 Å². The lowest BCUT2D eigenvalue weighted by atomic mass is 10.1. The molecule has 0 aliphatic rings. The maximum Gasteiger partial charge on any atom is 0.207 e. The quantitative estimate of drug-likeness (QED) is 0.758. The first-order valence-electron chi connectivity index (χ1n) is 7.20. The van der Waals surface area contributed by atoms with Gasteiger partial charge in [0.1, 0.15) is 0 Å². The maximum atomic E-state index is 4.39. The van der Waals surface area contributed by atoms with Gasteiger partial charge in [0.15, 0.2) is 0 Å². The fraction of sp³-hybridized carbons (Fsp3) is 0.167. The van der Waals surface area contributed by atoms with Gasteiger partial charge in [0.05, 0.1) is 0 Å². The van der Waals surface area contributed by atoms with Gasteiger partial charge < -0.3 is 9.88 Å². The molecule has 2 aromatic carbocycles. The van der Waals surface area contributed by atoms with E-state index < -0.39 is 0 Å². The third-order valence-electron chi connectivity index (χ3n) is 3.47. The Balaban J connectivity index is 1.68. The minimum atomic E-state index is 0.883. The van der Waals surface area contributed by atoms with Gasteiger partial charge in [0, 0.05) is 24.6 Å². The van der Waals surface area contributed by atoms with Crippen molar-refractivity contribution in [1.82, 2.24) is 9.55 Å². The summed E-state index contributed by atoms with van der Waals surface area (Å²) in [5, 5.41) is 3.35. The van der Waals surface area contributed by atoms with E-state index in [1.165, 1.54) is 11.1 Å². The summed E-state index contributed by atoms with van der Waals surface area (Å²) in [5.41, 5.74) is 3.72. The number of para-hydroxylation sites is 1. The molecule has 3 rings (SSSR count). The van der Waals surface area contributed by atoms with Crippen molar-refractivity contribution in [3.63, 3.8) is 0 Å². The summed E-state index contributed by atoms with van der Waals surface area (Å²) >= 11 is 0. The highest BCUT2D eigenvalue weighted by molar-refractivity contribution is 5.53. The SMILES string of the molecule is Cc1cccc(CCn2ccnc2Nc2ccccc2)c1. The second kappa shape index (κ2) is 6.27. The van der Waals surface area contributed by atoms with Crippen LogP contribution in [-0.4, -0.2) is 9.55 Å². The number of nitrogens with one attached hydrogen (secondary N) is 1. The molecule has 0 spiro atoms. The Morgan fingerprint density at radius 1 is 1.05 bits per heavy atom. The number of rotatable bonds is 5. The van der Waals surface area contributed by atoms with Crippen LogP contribution in [0.4, 0.5) is 11.6 Å². The molecule has 21 heavy (non-hydrogen) atoms. The highest BCUT2D eigenvalue weighted by atomic mass is 15.2. The molecule has 0 aliphatic carbocycles. The fourth-order valence-electron chi connectivity index (χ4n) is 2.38. The van der Waals surface area contributed by atoms with E-state index in [9.17, 15) is 0 Å². The number of hydrogen-bond donors (Lipinski definition) is 1. The molecule has 0 atom stereocenters. The smallest absolute Gasteiger partial charge is 0.207 e. The summed E-state index contributed by atoms with van der Waals surface area (Å²) in [6, 6.07) is 18.8. The van der Waals surface area contributed by atoms with Crippen molar-refractivity contribution in [2.45, 2.75) is 19.9 Å². The molecule has 0 unspecified atom stereocenters. The normalized spacial score (nSPS) is 10.5. The Kier molecular flexibility index (Phi) is 4.01. The van der Waals surface area contributed by atoms with Crippen molar-refractivity contribution in [2.75, 3.05) is 5.32 Å². The van der Waals surface area contributed by atoms with Crippen molar-refractivity contribution in [1.29, 1.82) is 0 Å².